The molecule has 0 aliphatic carbocycles. The molecule has 3 atom stereocenters. The van der Waals surface area contributed by atoms with Crippen molar-refractivity contribution in [2.75, 3.05) is 0 Å². The smallest absolute Gasteiger partial charge is 0.138 e. The fraction of sp³-hybridized carbons (Fsp3) is 0.133. The monoisotopic (exact) mass is 418 g/mol. The van der Waals surface area contributed by atoms with Gasteiger partial charge in [0.1, 0.15) is 17.8 Å². The Balaban J connectivity index is 1.64. The molecule has 158 valence electrons. The number of ether oxygens (including phenoxy) is 1. The molecule has 0 radical (unpaired) electrons. The summed E-state index contributed by atoms with van der Waals surface area (Å²) < 4.78 is 6.84. The number of hydrogen-bond acceptors (Lipinski definition) is 2. The Hall–Kier alpha value is -3.46. The molecule has 0 aromatic heterocycles. The molecule has 32 heavy (non-hydrogen) atoms. The number of fused-ring (bicyclic) bond motifs is 1. The molecule has 0 spiro atoms. The van der Waals surface area contributed by atoms with Gasteiger partial charge in [0.2, 0.25) is 0 Å². The van der Waals surface area contributed by atoms with Gasteiger partial charge in [-0.1, -0.05) is 121 Å². The van der Waals surface area contributed by atoms with Crippen LogP contribution in [0.25, 0.3) is 6.08 Å². The second kappa shape index (κ2) is 8.58. The summed E-state index contributed by atoms with van der Waals surface area (Å²) in [6.07, 6.45) is 2.98. The average Bonchev–Trinajstić information content (AvgIpc) is 3.20. The minimum absolute atomic E-state index is 0.477. The van der Waals surface area contributed by atoms with Gasteiger partial charge in [-0.05, 0) is 40.8 Å². The van der Waals surface area contributed by atoms with Crippen molar-refractivity contribution in [3.8, 4) is 0 Å². The van der Waals surface area contributed by atoms with Crippen LogP contribution in [0.3, 0.4) is 0 Å². The van der Waals surface area contributed by atoms with E-state index in [2.05, 4.69) is 48.6 Å². The Morgan fingerprint density at radius 1 is 0.781 bits per heavy atom. The molecule has 0 saturated heterocycles. The van der Waals surface area contributed by atoms with Gasteiger partial charge in [0, 0.05) is 0 Å². The molecule has 0 fully saturated rings. The third-order valence-corrected chi connectivity index (χ3v) is 6.20. The van der Waals surface area contributed by atoms with Crippen molar-refractivity contribution in [2.24, 2.45) is 0 Å². The Morgan fingerprint density at radius 3 is 2.12 bits per heavy atom. The molecule has 1 N–H and O–H groups in total. The first-order valence-electron chi connectivity index (χ1n) is 11.0. The highest BCUT2D eigenvalue weighted by Gasteiger charge is 2.47. The highest BCUT2D eigenvalue weighted by molar-refractivity contribution is 5.58. The summed E-state index contributed by atoms with van der Waals surface area (Å²) in [4.78, 5) is 0. The van der Waals surface area contributed by atoms with Crippen molar-refractivity contribution in [1.82, 2.24) is 0 Å². The first kappa shape index (κ1) is 20.4. The number of hydrogen-bond donors (Lipinski definition) is 1. The minimum atomic E-state index is -0.788. The highest BCUT2D eigenvalue weighted by atomic mass is 16.5. The zero-order chi connectivity index (χ0) is 22.0. The van der Waals surface area contributed by atoms with E-state index < -0.39 is 17.8 Å². The lowest BCUT2D eigenvalue weighted by Crippen LogP contribution is -2.25. The standard InChI is InChI=1S/C30H26O2/c1-22-16-18-24(19-17-22)28(31)29-26-14-8-9-15-27(26)30(32-29,25-12-6-3-7-13-25)21-20-23-10-4-2-5-11-23/h2-21,28-29,31H,1H3/b21-20+/t28-,29+,30+/m1/s1. The summed E-state index contributed by atoms with van der Waals surface area (Å²) in [6, 6.07) is 36.7. The molecule has 1 heterocycles. The summed E-state index contributed by atoms with van der Waals surface area (Å²) in [7, 11) is 0. The third kappa shape index (κ3) is 3.69. The van der Waals surface area contributed by atoms with Crippen LogP contribution in [0.15, 0.2) is 115 Å². The van der Waals surface area contributed by atoms with E-state index in [-0.39, 0.29) is 0 Å². The number of rotatable bonds is 5. The second-order valence-electron chi connectivity index (χ2n) is 8.33. The van der Waals surface area contributed by atoms with Crippen LogP contribution >= 0.6 is 0 Å². The lowest BCUT2D eigenvalue weighted by molar-refractivity contribution is -0.0810. The maximum absolute atomic E-state index is 11.4. The molecule has 1 aliphatic rings. The van der Waals surface area contributed by atoms with E-state index in [4.69, 9.17) is 4.74 Å². The Morgan fingerprint density at radius 2 is 1.41 bits per heavy atom. The van der Waals surface area contributed by atoms with E-state index in [1.807, 2.05) is 79.7 Å². The molecule has 4 aromatic rings. The largest absolute Gasteiger partial charge is 0.385 e. The number of benzene rings is 4. The predicted molar refractivity (Wildman–Crippen MR) is 129 cm³/mol. The Bertz CT molecular complexity index is 1210. The van der Waals surface area contributed by atoms with Crippen LogP contribution in [-0.4, -0.2) is 5.11 Å². The van der Waals surface area contributed by atoms with Crippen LogP contribution in [0.4, 0.5) is 0 Å². The quantitative estimate of drug-likeness (QED) is 0.388. The van der Waals surface area contributed by atoms with Gasteiger partial charge in [0.25, 0.3) is 0 Å². The molecule has 1 aliphatic heterocycles. The molecular formula is C30H26O2. The summed E-state index contributed by atoms with van der Waals surface area (Å²) in [6.45, 7) is 2.05. The van der Waals surface area contributed by atoms with Crippen LogP contribution in [0.2, 0.25) is 0 Å². The van der Waals surface area contributed by atoms with Crippen molar-refractivity contribution in [3.05, 3.63) is 149 Å². The number of aliphatic hydroxyl groups is 1. The van der Waals surface area contributed by atoms with Crippen LogP contribution < -0.4 is 0 Å². The average molecular weight is 419 g/mol. The van der Waals surface area contributed by atoms with E-state index in [0.29, 0.717) is 0 Å². The summed E-state index contributed by atoms with van der Waals surface area (Å²) in [5.41, 5.74) is 5.45. The van der Waals surface area contributed by atoms with Gasteiger partial charge >= 0.3 is 0 Å². The van der Waals surface area contributed by atoms with Gasteiger partial charge in [0.15, 0.2) is 0 Å². The molecule has 0 saturated carbocycles. The predicted octanol–water partition coefficient (Wildman–Crippen LogP) is 6.76. The normalized spacial score (nSPS) is 20.9. The van der Waals surface area contributed by atoms with E-state index in [1.165, 1.54) is 0 Å². The first-order chi connectivity index (χ1) is 15.7. The van der Waals surface area contributed by atoms with Crippen molar-refractivity contribution >= 4 is 6.08 Å². The zero-order valence-electron chi connectivity index (χ0n) is 18.1. The van der Waals surface area contributed by atoms with Crippen LogP contribution in [0, 0.1) is 6.92 Å². The molecule has 2 nitrogen and oxygen atoms in total. The molecule has 0 amide bonds. The number of aliphatic hydroxyl groups excluding tert-OH is 1. The zero-order valence-corrected chi connectivity index (χ0v) is 18.1. The van der Waals surface area contributed by atoms with Gasteiger partial charge in [0.05, 0.1) is 0 Å². The van der Waals surface area contributed by atoms with Crippen molar-refractivity contribution in [1.29, 1.82) is 0 Å². The second-order valence-corrected chi connectivity index (χ2v) is 8.33. The van der Waals surface area contributed by atoms with Crippen molar-refractivity contribution in [2.45, 2.75) is 24.7 Å². The number of aryl methyl sites for hydroxylation is 1. The van der Waals surface area contributed by atoms with E-state index in [0.717, 1.165) is 33.4 Å². The molecule has 2 heteroatoms. The van der Waals surface area contributed by atoms with Crippen LogP contribution in [0.1, 0.15) is 45.6 Å². The van der Waals surface area contributed by atoms with Gasteiger partial charge < -0.3 is 9.84 Å². The van der Waals surface area contributed by atoms with Gasteiger partial charge in [-0.25, -0.2) is 0 Å². The van der Waals surface area contributed by atoms with Gasteiger partial charge in [-0.15, -0.1) is 0 Å². The molecule has 4 aromatic carbocycles. The third-order valence-electron chi connectivity index (χ3n) is 6.20. The molecular weight excluding hydrogens is 392 g/mol. The summed E-state index contributed by atoms with van der Waals surface area (Å²) >= 11 is 0. The van der Waals surface area contributed by atoms with Crippen molar-refractivity contribution < 1.29 is 9.84 Å². The lowest BCUT2D eigenvalue weighted by Gasteiger charge is -2.29. The molecule has 5 rings (SSSR count). The van der Waals surface area contributed by atoms with Crippen LogP contribution in [0.5, 0.6) is 0 Å². The van der Waals surface area contributed by atoms with Gasteiger partial charge in [-0.3, -0.25) is 0 Å². The van der Waals surface area contributed by atoms with Crippen LogP contribution in [-0.2, 0) is 10.3 Å². The maximum Gasteiger partial charge on any atom is 0.138 e. The fourth-order valence-corrected chi connectivity index (χ4v) is 4.50. The van der Waals surface area contributed by atoms with E-state index in [1.54, 1.807) is 0 Å². The molecule has 0 unspecified atom stereocenters. The van der Waals surface area contributed by atoms with Gasteiger partial charge in [-0.2, -0.15) is 0 Å². The maximum atomic E-state index is 11.4. The topological polar surface area (TPSA) is 29.5 Å². The van der Waals surface area contributed by atoms with Crippen molar-refractivity contribution in [3.63, 3.8) is 0 Å². The summed E-state index contributed by atoms with van der Waals surface area (Å²) in [5, 5.41) is 11.4. The Labute approximate surface area is 189 Å². The minimum Gasteiger partial charge on any atom is -0.385 e. The first-order valence-corrected chi connectivity index (χ1v) is 11.0. The fourth-order valence-electron chi connectivity index (χ4n) is 4.50. The SMILES string of the molecule is Cc1ccc([C@@H](O)[C@H]2O[C@@](/C=C/c3ccccc3)(c3ccccc3)c3ccccc32)cc1. The van der Waals surface area contributed by atoms with E-state index in [9.17, 15) is 5.11 Å². The summed E-state index contributed by atoms with van der Waals surface area (Å²) in [5.74, 6) is 0. The molecule has 0 bridgehead atoms. The highest BCUT2D eigenvalue weighted by Crippen LogP contribution is 2.52. The Kier molecular flexibility index (Phi) is 5.48. The van der Waals surface area contributed by atoms with E-state index >= 15 is 0 Å². The lowest BCUT2D eigenvalue weighted by atomic mass is 9.84.